The van der Waals surface area contributed by atoms with Gasteiger partial charge in [0, 0.05) is 51.7 Å². The van der Waals surface area contributed by atoms with E-state index in [4.69, 9.17) is 0 Å². The molecule has 4 rings (SSSR count). The molecule has 2 fully saturated rings. The molecule has 8 heteroatoms. The highest BCUT2D eigenvalue weighted by atomic mass is 16.2. The Morgan fingerprint density at radius 2 is 2.00 bits per heavy atom. The van der Waals surface area contributed by atoms with E-state index in [-0.39, 0.29) is 5.91 Å². The van der Waals surface area contributed by atoms with E-state index in [1.54, 1.807) is 0 Å². The van der Waals surface area contributed by atoms with Gasteiger partial charge >= 0.3 is 0 Å². The molecule has 150 valence electrons. The molecule has 2 aliphatic rings. The molecule has 0 radical (unpaired) electrons. The first kappa shape index (κ1) is 19.0. The van der Waals surface area contributed by atoms with Crippen molar-refractivity contribution in [1.29, 1.82) is 0 Å². The lowest BCUT2D eigenvalue weighted by Gasteiger charge is -2.34. The molecule has 0 saturated carbocycles. The highest BCUT2D eigenvalue weighted by Crippen LogP contribution is 2.13. The lowest BCUT2D eigenvalue weighted by molar-refractivity contribution is 0.0632. The van der Waals surface area contributed by atoms with Crippen molar-refractivity contribution in [3.05, 3.63) is 42.0 Å². The van der Waals surface area contributed by atoms with E-state index in [2.05, 4.69) is 37.6 Å². The molecule has 2 aliphatic heterocycles. The number of carbonyl (C=O) groups excluding carboxylic acids is 1. The summed E-state index contributed by atoms with van der Waals surface area (Å²) in [6.45, 7) is 7.25. The van der Waals surface area contributed by atoms with Crippen LogP contribution in [0.2, 0.25) is 0 Å². The van der Waals surface area contributed by atoms with Crippen molar-refractivity contribution >= 4 is 5.91 Å². The number of pyridine rings is 1. The standard InChI is InChI=1S/C20H29N7O/c28-20(19-16-27(24-23-19)15-18-2-1-6-22-14-18)26-12-10-25(11-13-26)9-5-17-3-7-21-8-4-17/h3-4,7-8,16,18,22H,1-2,5-6,9-15H2. The van der Waals surface area contributed by atoms with Gasteiger partial charge in [0.2, 0.25) is 0 Å². The topological polar surface area (TPSA) is 79.2 Å². The molecule has 1 atom stereocenters. The number of piperazine rings is 1. The molecule has 2 aromatic rings. The third kappa shape index (κ3) is 4.94. The van der Waals surface area contributed by atoms with E-state index in [0.29, 0.717) is 11.6 Å². The van der Waals surface area contributed by atoms with E-state index in [1.165, 1.54) is 18.4 Å². The summed E-state index contributed by atoms with van der Waals surface area (Å²) in [5.41, 5.74) is 1.77. The van der Waals surface area contributed by atoms with Gasteiger partial charge in [-0.2, -0.15) is 0 Å². The zero-order valence-electron chi connectivity index (χ0n) is 16.3. The van der Waals surface area contributed by atoms with Gasteiger partial charge in [-0.15, -0.1) is 5.10 Å². The quantitative estimate of drug-likeness (QED) is 0.790. The van der Waals surface area contributed by atoms with Crippen molar-refractivity contribution in [1.82, 2.24) is 35.1 Å². The first-order valence-corrected chi connectivity index (χ1v) is 10.3. The summed E-state index contributed by atoms with van der Waals surface area (Å²) in [7, 11) is 0. The van der Waals surface area contributed by atoms with Gasteiger partial charge in [0.05, 0.1) is 6.20 Å². The SMILES string of the molecule is O=C(c1cn(CC2CCCNC2)nn1)N1CCN(CCc2ccncc2)CC1. The molecular weight excluding hydrogens is 354 g/mol. The van der Waals surface area contributed by atoms with Crippen LogP contribution in [0.25, 0.3) is 0 Å². The summed E-state index contributed by atoms with van der Waals surface area (Å²) in [6, 6.07) is 4.12. The zero-order chi connectivity index (χ0) is 19.2. The fourth-order valence-corrected chi connectivity index (χ4v) is 4.00. The largest absolute Gasteiger partial charge is 0.335 e. The van der Waals surface area contributed by atoms with Gasteiger partial charge in [0.15, 0.2) is 5.69 Å². The van der Waals surface area contributed by atoms with Crippen LogP contribution in [0.15, 0.2) is 30.7 Å². The second-order valence-corrected chi connectivity index (χ2v) is 7.78. The fraction of sp³-hybridized carbons (Fsp3) is 0.600. The Morgan fingerprint density at radius 1 is 1.18 bits per heavy atom. The summed E-state index contributed by atoms with van der Waals surface area (Å²) in [5.74, 6) is 0.573. The Bertz CT molecular complexity index is 749. The van der Waals surface area contributed by atoms with Crippen LogP contribution in [0.3, 0.4) is 0 Å². The van der Waals surface area contributed by atoms with E-state index in [1.807, 2.05) is 28.2 Å². The van der Waals surface area contributed by atoms with Crippen molar-refractivity contribution in [3.63, 3.8) is 0 Å². The van der Waals surface area contributed by atoms with Crippen LogP contribution < -0.4 is 5.32 Å². The number of hydrogen-bond donors (Lipinski definition) is 1. The molecule has 8 nitrogen and oxygen atoms in total. The Hall–Kier alpha value is -2.32. The second-order valence-electron chi connectivity index (χ2n) is 7.78. The number of rotatable bonds is 6. The molecule has 0 aromatic carbocycles. The summed E-state index contributed by atoms with van der Waals surface area (Å²) in [4.78, 5) is 21.1. The number of nitrogens with zero attached hydrogens (tertiary/aromatic N) is 6. The van der Waals surface area contributed by atoms with E-state index >= 15 is 0 Å². The number of aromatic nitrogens is 4. The average molecular weight is 384 g/mol. The van der Waals surface area contributed by atoms with Crippen LogP contribution in [0.5, 0.6) is 0 Å². The number of piperidine rings is 1. The smallest absolute Gasteiger partial charge is 0.276 e. The van der Waals surface area contributed by atoms with Crippen LogP contribution in [-0.2, 0) is 13.0 Å². The molecule has 4 heterocycles. The lowest BCUT2D eigenvalue weighted by Crippen LogP contribution is -2.49. The van der Waals surface area contributed by atoms with Gasteiger partial charge in [-0.3, -0.25) is 19.4 Å². The lowest BCUT2D eigenvalue weighted by atomic mass is 10.00. The maximum absolute atomic E-state index is 12.8. The molecule has 1 unspecified atom stereocenters. The maximum Gasteiger partial charge on any atom is 0.276 e. The number of carbonyl (C=O) groups is 1. The van der Waals surface area contributed by atoms with Gasteiger partial charge in [0.1, 0.15) is 0 Å². The van der Waals surface area contributed by atoms with Crippen LogP contribution in [0.4, 0.5) is 0 Å². The van der Waals surface area contributed by atoms with Crippen molar-refractivity contribution in [3.8, 4) is 0 Å². The minimum Gasteiger partial charge on any atom is -0.335 e. The summed E-state index contributed by atoms with van der Waals surface area (Å²) in [5, 5.41) is 11.7. The Balaban J connectivity index is 1.23. The van der Waals surface area contributed by atoms with Crippen LogP contribution in [0, 0.1) is 5.92 Å². The Morgan fingerprint density at radius 3 is 2.75 bits per heavy atom. The van der Waals surface area contributed by atoms with Crippen molar-refractivity contribution < 1.29 is 4.79 Å². The van der Waals surface area contributed by atoms with E-state index < -0.39 is 0 Å². The fourth-order valence-electron chi connectivity index (χ4n) is 4.00. The number of amides is 1. The highest BCUT2D eigenvalue weighted by molar-refractivity contribution is 5.92. The highest BCUT2D eigenvalue weighted by Gasteiger charge is 2.24. The molecule has 0 spiro atoms. The molecule has 2 saturated heterocycles. The third-order valence-electron chi connectivity index (χ3n) is 5.73. The summed E-state index contributed by atoms with van der Waals surface area (Å²) in [6.07, 6.45) is 8.91. The predicted molar refractivity (Wildman–Crippen MR) is 106 cm³/mol. The predicted octanol–water partition coefficient (Wildman–Crippen LogP) is 0.673. The molecule has 0 aliphatic carbocycles. The van der Waals surface area contributed by atoms with Gasteiger partial charge in [-0.1, -0.05) is 5.21 Å². The normalized spacial score (nSPS) is 21.0. The number of hydrogen-bond acceptors (Lipinski definition) is 6. The molecule has 0 bridgehead atoms. The maximum atomic E-state index is 12.8. The van der Waals surface area contributed by atoms with Gasteiger partial charge < -0.3 is 10.2 Å². The first-order chi connectivity index (χ1) is 13.8. The van der Waals surface area contributed by atoms with Crippen LogP contribution in [0.1, 0.15) is 28.9 Å². The first-order valence-electron chi connectivity index (χ1n) is 10.3. The molecule has 28 heavy (non-hydrogen) atoms. The minimum atomic E-state index is 0.00167. The monoisotopic (exact) mass is 383 g/mol. The Kier molecular flexibility index (Phi) is 6.28. The third-order valence-corrected chi connectivity index (χ3v) is 5.73. The van der Waals surface area contributed by atoms with Crippen molar-refractivity contribution in [2.45, 2.75) is 25.8 Å². The zero-order valence-corrected chi connectivity index (χ0v) is 16.3. The molecule has 1 amide bonds. The number of nitrogens with one attached hydrogen (secondary N) is 1. The van der Waals surface area contributed by atoms with Crippen molar-refractivity contribution in [2.24, 2.45) is 5.92 Å². The molecular formula is C20H29N7O. The minimum absolute atomic E-state index is 0.00167. The second kappa shape index (κ2) is 9.25. The summed E-state index contributed by atoms with van der Waals surface area (Å²) < 4.78 is 1.83. The van der Waals surface area contributed by atoms with Gasteiger partial charge in [0.25, 0.3) is 5.91 Å². The summed E-state index contributed by atoms with van der Waals surface area (Å²) >= 11 is 0. The molecule has 2 aromatic heterocycles. The van der Waals surface area contributed by atoms with E-state index in [0.717, 1.165) is 58.8 Å². The molecule has 1 N–H and O–H groups in total. The van der Waals surface area contributed by atoms with Crippen LogP contribution >= 0.6 is 0 Å². The average Bonchev–Trinajstić information content (AvgIpc) is 3.22. The van der Waals surface area contributed by atoms with Gasteiger partial charge in [-0.25, -0.2) is 0 Å². The van der Waals surface area contributed by atoms with E-state index in [9.17, 15) is 4.79 Å². The van der Waals surface area contributed by atoms with Crippen molar-refractivity contribution in [2.75, 3.05) is 45.8 Å². The Labute approximate surface area is 165 Å². The van der Waals surface area contributed by atoms with Gasteiger partial charge in [-0.05, 0) is 56.0 Å². The van der Waals surface area contributed by atoms with Crippen LogP contribution in [-0.4, -0.2) is 81.5 Å².